The molecule has 2 N–H and O–H groups in total. The van der Waals surface area contributed by atoms with E-state index in [1.807, 2.05) is 13.0 Å². The van der Waals surface area contributed by atoms with Crippen LogP contribution in [-0.2, 0) is 4.79 Å². The average Bonchev–Trinajstić information content (AvgIpc) is 2.65. The molecular weight excluding hydrogens is 338 g/mol. The number of carboxylic acids is 1. The summed E-state index contributed by atoms with van der Waals surface area (Å²) in [7, 11) is 0. The van der Waals surface area contributed by atoms with Crippen molar-refractivity contribution in [1.82, 2.24) is 15.1 Å². The first kappa shape index (κ1) is 19.6. The average molecular weight is 363 g/mol. The van der Waals surface area contributed by atoms with Crippen molar-refractivity contribution < 1.29 is 24.2 Å². The largest absolute Gasteiger partial charge is 0.493 e. The predicted molar refractivity (Wildman–Crippen MR) is 95.4 cm³/mol. The summed E-state index contributed by atoms with van der Waals surface area (Å²) in [5.41, 5.74) is 0.529. The van der Waals surface area contributed by atoms with Crippen molar-refractivity contribution in [2.45, 2.75) is 19.8 Å². The summed E-state index contributed by atoms with van der Waals surface area (Å²) >= 11 is 0. The Hall–Kier alpha value is -2.77. The zero-order chi connectivity index (χ0) is 18.9. The van der Waals surface area contributed by atoms with Crippen LogP contribution in [0, 0.1) is 0 Å². The van der Waals surface area contributed by atoms with Gasteiger partial charge in [-0.2, -0.15) is 0 Å². The highest BCUT2D eigenvalue weighted by Crippen LogP contribution is 2.20. The predicted octanol–water partition coefficient (Wildman–Crippen LogP) is 1.42. The molecule has 8 nitrogen and oxygen atoms in total. The van der Waals surface area contributed by atoms with Crippen molar-refractivity contribution >= 4 is 17.9 Å². The van der Waals surface area contributed by atoms with Crippen LogP contribution >= 0.6 is 0 Å². The number of hydrogen-bond donors (Lipinski definition) is 2. The summed E-state index contributed by atoms with van der Waals surface area (Å²) in [4.78, 5) is 38.6. The number of urea groups is 1. The number of amides is 3. The van der Waals surface area contributed by atoms with Crippen molar-refractivity contribution in [1.29, 1.82) is 0 Å². The first-order valence-electron chi connectivity index (χ1n) is 8.78. The Kier molecular flexibility index (Phi) is 7.25. The Morgan fingerprint density at radius 3 is 2.42 bits per heavy atom. The summed E-state index contributed by atoms with van der Waals surface area (Å²) in [5, 5.41) is 11.3. The van der Waals surface area contributed by atoms with Crippen molar-refractivity contribution in [2.75, 3.05) is 39.3 Å². The van der Waals surface area contributed by atoms with Crippen LogP contribution in [-0.4, -0.2) is 72.1 Å². The molecule has 142 valence electrons. The minimum Gasteiger partial charge on any atom is -0.493 e. The Morgan fingerprint density at radius 2 is 1.77 bits per heavy atom. The molecule has 0 aromatic heterocycles. The van der Waals surface area contributed by atoms with E-state index in [4.69, 9.17) is 9.84 Å². The van der Waals surface area contributed by atoms with Crippen molar-refractivity contribution in [3.05, 3.63) is 29.8 Å². The molecule has 1 aliphatic heterocycles. The molecule has 0 atom stereocenters. The second-order valence-electron chi connectivity index (χ2n) is 5.94. The third-order valence-electron chi connectivity index (χ3n) is 4.12. The molecule has 0 aliphatic carbocycles. The number of benzene rings is 1. The molecule has 1 aliphatic rings. The zero-order valence-electron chi connectivity index (χ0n) is 14.9. The second kappa shape index (κ2) is 9.65. The number of carbonyl (C=O) groups is 3. The SMILES string of the molecule is CCOc1ccccc1C(=O)N1CCN(C(=O)NCCCC(=O)O)CC1. The Morgan fingerprint density at radius 1 is 1.12 bits per heavy atom. The summed E-state index contributed by atoms with van der Waals surface area (Å²) in [5.74, 6) is -0.409. The summed E-state index contributed by atoms with van der Waals surface area (Å²) in [6, 6.07) is 6.93. The van der Waals surface area contributed by atoms with Gasteiger partial charge in [0, 0.05) is 39.1 Å². The highest BCUT2D eigenvalue weighted by Gasteiger charge is 2.26. The quantitative estimate of drug-likeness (QED) is 0.714. The van der Waals surface area contributed by atoms with Gasteiger partial charge in [0.1, 0.15) is 5.75 Å². The van der Waals surface area contributed by atoms with E-state index in [2.05, 4.69) is 5.32 Å². The van der Waals surface area contributed by atoms with Crippen molar-refractivity contribution in [2.24, 2.45) is 0 Å². The van der Waals surface area contributed by atoms with E-state index in [0.29, 0.717) is 57.1 Å². The number of para-hydroxylation sites is 1. The maximum atomic E-state index is 12.7. The number of piperazine rings is 1. The number of aliphatic carboxylic acids is 1. The monoisotopic (exact) mass is 363 g/mol. The highest BCUT2D eigenvalue weighted by molar-refractivity contribution is 5.97. The van der Waals surface area contributed by atoms with E-state index < -0.39 is 5.97 Å². The smallest absolute Gasteiger partial charge is 0.317 e. The number of ether oxygens (including phenoxy) is 1. The lowest BCUT2D eigenvalue weighted by atomic mass is 10.1. The number of nitrogens with zero attached hydrogens (tertiary/aromatic N) is 2. The maximum absolute atomic E-state index is 12.7. The van der Waals surface area contributed by atoms with Gasteiger partial charge in [-0.25, -0.2) is 4.79 Å². The molecule has 0 spiro atoms. The van der Waals surface area contributed by atoms with E-state index in [1.54, 1.807) is 28.0 Å². The van der Waals surface area contributed by atoms with Crippen LogP contribution in [0.2, 0.25) is 0 Å². The number of hydrogen-bond acceptors (Lipinski definition) is 4. The van der Waals surface area contributed by atoms with Crippen LogP contribution in [0.4, 0.5) is 4.79 Å². The third-order valence-corrected chi connectivity index (χ3v) is 4.12. The zero-order valence-corrected chi connectivity index (χ0v) is 14.9. The van der Waals surface area contributed by atoms with E-state index in [9.17, 15) is 14.4 Å². The van der Waals surface area contributed by atoms with Crippen LogP contribution in [0.5, 0.6) is 5.75 Å². The topological polar surface area (TPSA) is 99.2 Å². The molecule has 0 unspecified atom stereocenters. The molecular formula is C18H25N3O5. The van der Waals surface area contributed by atoms with Gasteiger partial charge in [-0.3, -0.25) is 9.59 Å². The molecule has 0 bridgehead atoms. The molecule has 0 saturated carbocycles. The number of nitrogens with one attached hydrogen (secondary N) is 1. The Labute approximate surface area is 152 Å². The molecule has 1 aromatic rings. The van der Waals surface area contributed by atoms with Gasteiger partial charge in [0.25, 0.3) is 5.91 Å². The third kappa shape index (κ3) is 5.37. The fourth-order valence-electron chi connectivity index (χ4n) is 2.75. The van der Waals surface area contributed by atoms with Crippen LogP contribution in [0.3, 0.4) is 0 Å². The lowest BCUT2D eigenvalue weighted by Gasteiger charge is -2.35. The maximum Gasteiger partial charge on any atom is 0.317 e. The first-order chi connectivity index (χ1) is 12.5. The lowest BCUT2D eigenvalue weighted by molar-refractivity contribution is -0.137. The number of carboxylic acid groups (broad SMARTS) is 1. The van der Waals surface area contributed by atoms with Gasteiger partial charge in [-0.1, -0.05) is 12.1 Å². The minimum absolute atomic E-state index is 0.0296. The number of rotatable bonds is 7. The first-order valence-corrected chi connectivity index (χ1v) is 8.78. The molecule has 1 saturated heterocycles. The number of carbonyl (C=O) groups excluding carboxylic acids is 2. The normalized spacial score (nSPS) is 14.0. The molecule has 2 rings (SSSR count). The van der Waals surface area contributed by atoms with Gasteiger partial charge in [-0.15, -0.1) is 0 Å². The van der Waals surface area contributed by atoms with Crippen LogP contribution in [0.25, 0.3) is 0 Å². The van der Waals surface area contributed by atoms with Gasteiger partial charge in [0.05, 0.1) is 12.2 Å². The minimum atomic E-state index is -0.876. The molecule has 1 fully saturated rings. The highest BCUT2D eigenvalue weighted by atomic mass is 16.5. The van der Waals surface area contributed by atoms with Gasteiger partial charge in [0.15, 0.2) is 0 Å². The Bertz CT molecular complexity index is 641. The fourth-order valence-corrected chi connectivity index (χ4v) is 2.75. The van der Waals surface area contributed by atoms with Crippen LogP contribution in [0.15, 0.2) is 24.3 Å². The molecule has 8 heteroatoms. The molecule has 0 radical (unpaired) electrons. The molecule has 3 amide bonds. The van der Waals surface area contributed by atoms with Gasteiger partial charge >= 0.3 is 12.0 Å². The van der Waals surface area contributed by atoms with Gasteiger partial charge in [-0.05, 0) is 25.5 Å². The van der Waals surface area contributed by atoms with Crippen LogP contribution < -0.4 is 10.1 Å². The van der Waals surface area contributed by atoms with Crippen molar-refractivity contribution in [3.8, 4) is 5.75 Å². The Balaban J connectivity index is 1.83. The van der Waals surface area contributed by atoms with Gasteiger partial charge < -0.3 is 25.0 Å². The summed E-state index contributed by atoms with van der Waals surface area (Å²) in [6.45, 7) is 4.45. The second-order valence-corrected chi connectivity index (χ2v) is 5.94. The molecule has 26 heavy (non-hydrogen) atoms. The lowest BCUT2D eigenvalue weighted by Crippen LogP contribution is -2.53. The van der Waals surface area contributed by atoms with E-state index in [1.165, 1.54) is 0 Å². The fraction of sp³-hybridized carbons (Fsp3) is 0.500. The van der Waals surface area contributed by atoms with Gasteiger partial charge in [0.2, 0.25) is 0 Å². The standard InChI is InChI=1S/C18H25N3O5/c1-2-26-15-7-4-3-6-14(15)17(24)20-10-12-21(13-11-20)18(25)19-9-5-8-16(22)23/h3-4,6-7H,2,5,8-13H2,1H3,(H,19,25)(H,22,23). The van der Waals surface area contributed by atoms with E-state index in [0.717, 1.165) is 0 Å². The van der Waals surface area contributed by atoms with E-state index >= 15 is 0 Å². The van der Waals surface area contributed by atoms with E-state index in [-0.39, 0.29) is 18.4 Å². The summed E-state index contributed by atoms with van der Waals surface area (Å²) in [6.07, 6.45) is 0.426. The summed E-state index contributed by atoms with van der Waals surface area (Å²) < 4.78 is 5.52. The molecule has 1 heterocycles. The van der Waals surface area contributed by atoms with Crippen LogP contribution in [0.1, 0.15) is 30.1 Å². The molecule has 1 aromatic carbocycles. The van der Waals surface area contributed by atoms with Crippen molar-refractivity contribution in [3.63, 3.8) is 0 Å².